The van der Waals surface area contributed by atoms with Crippen molar-refractivity contribution in [2.45, 2.75) is 32.7 Å². The van der Waals surface area contributed by atoms with Gasteiger partial charge in [0.25, 0.3) is 0 Å². The molecule has 0 saturated carbocycles. The molecule has 0 aliphatic carbocycles. The standard InChI is InChI=1S/C14H21NO2S/c1-11(7-14(16)17)13-3-2-5-15(9-13)8-12-4-6-18-10-12/h4,6,10-11,13H,2-3,5,7-9H2,1H3,(H,16,17). The van der Waals surface area contributed by atoms with E-state index in [-0.39, 0.29) is 5.92 Å². The van der Waals surface area contributed by atoms with Gasteiger partial charge in [-0.05, 0) is 53.6 Å². The quantitative estimate of drug-likeness (QED) is 0.891. The van der Waals surface area contributed by atoms with E-state index < -0.39 is 5.97 Å². The monoisotopic (exact) mass is 267 g/mol. The summed E-state index contributed by atoms with van der Waals surface area (Å²) >= 11 is 1.74. The molecule has 1 fully saturated rings. The molecule has 1 aromatic rings. The van der Waals surface area contributed by atoms with Crippen molar-refractivity contribution in [3.8, 4) is 0 Å². The number of hydrogen-bond acceptors (Lipinski definition) is 3. The summed E-state index contributed by atoms with van der Waals surface area (Å²) in [5.41, 5.74) is 1.38. The van der Waals surface area contributed by atoms with Crippen molar-refractivity contribution in [2.75, 3.05) is 13.1 Å². The van der Waals surface area contributed by atoms with E-state index >= 15 is 0 Å². The zero-order chi connectivity index (χ0) is 13.0. The Labute approximate surface area is 112 Å². The molecule has 2 rings (SSSR count). The Hall–Kier alpha value is -0.870. The summed E-state index contributed by atoms with van der Waals surface area (Å²) < 4.78 is 0. The number of hydrogen-bond donors (Lipinski definition) is 1. The SMILES string of the molecule is CC(CC(=O)O)C1CCCN(Cc2ccsc2)C1. The van der Waals surface area contributed by atoms with Crippen LogP contribution in [0.25, 0.3) is 0 Å². The van der Waals surface area contributed by atoms with Gasteiger partial charge in [0, 0.05) is 19.5 Å². The van der Waals surface area contributed by atoms with E-state index in [9.17, 15) is 4.79 Å². The average molecular weight is 267 g/mol. The molecule has 100 valence electrons. The van der Waals surface area contributed by atoms with E-state index in [1.54, 1.807) is 11.3 Å². The second kappa shape index (κ2) is 6.34. The molecule has 0 bridgehead atoms. The lowest BCUT2D eigenvalue weighted by Crippen LogP contribution is -2.37. The highest BCUT2D eigenvalue weighted by molar-refractivity contribution is 7.07. The van der Waals surface area contributed by atoms with E-state index in [4.69, 9.17) is 5.11 Å². The van der Waals surface area contributed by atoms with E-state index in [0.717, 1.165) is 19.6 Å². The molecule has 2 unspecified atom stereocenters. The number of aliphatic carboxylic acids is 1. The zero-order valence-corrected chi connectivity index (χ0v) is 11.7. The predicted molar refractivity (Wildman–Crippen MR) is 73.7 cm³/mol. The highest BCUT2D eigenvalue weighted by Gasteiger charge is 2.25. The minimum absolute atomic E-state index is 0.285. The average Bonchev–Trinajstić information content (AvgIpc) is 2.81. The second-order valence-corrected chi connectivity index (χ2v) is 6.12. The normalized spacial score (nSPS) is 22.8. The van der Waals surface area contributed by atoms with E-state index in [2.05, 4.69) is 28.7 Å². The Morgan fingerprint density at radius 3 is 3.17 bits per heavy atom. The van der Waals surface area contributed by atoms with Gasteiger partial charge >= 0.3 is 5.97 Å². The van der Waals surface area contributed by atoms with Crippen LogP contribution in [-0.2, 0) is 11.3 Å². The first-order chi connectivity index (χ1) is 8.65. The number of piperidine rings is 1. The molecule has 1 saturated heterocycles. The number of carboxylic acid groups (broad SMARTS) is 1. The minimum Gasteiger partial charge on any atom is -0.481 e. The largest absolute Gasteiger partial charge is 0.481 e. The van der Waals surface area contributed by atoms with E-state index in [0.29, 0.717) is 12.3 Å². The topological polar surface area (TPSA) is 40.5 Å². The number of nitrogens with zero attached hydrogens (tertiary/aromatic N) is 1. The first-order valence-corrected chi connectivity index (χ1v) is 7.54. The Morgan fingerprint density at radius 2 is 2.50 bits per heavy atom. The van der Waals surface area contributed by atoms with Gasteiger partial charge in [-0.25, -0.2) is 0 Å². The van der Waals surface area contributed by atoms with Gasteiger partial charge in [-0.2, -0.15) is 11.3 Å². The second-order valence-electron chi connectivity index (χ2n) is 5.34. The molecule has 0 radical (unpaired) electrons. The third-order valence-electron chi connectivity index (χ3n) is 3.83. The molecule has 1 aliphatic heterocycles. The molecule has 2 heterocycles. The molecule has 0 spiro atoms. The third kappa shape index (κ3) is 3.82. The maximum atomic E-state index is 10.8. The molecular formula is C14H21NO2S. The number of rotatable bonds is 5. The Morgan fingerprint density at radius 1 is 1.67 bits per heavy atom. The first-order valence-electron chi connectivity index (χ1n) is 6.60. The fourth-order valence-electron chi connectivity index (χ4n) is 2.78. The maximum Gasteiger partial charge on any atom is 0.303 e. The maximum absolute atomic E-state index is 10.8. The molecule has 0 aromatic carbocycles. The molecule has 1 aromatic heterocycles. The number of carbonyl (C=O) groups is 1. The third-order valence-corrected chi connectivity index (χ3v) is 4.56. The van der Waals surface area contributed by atoms with E-state index in [1.165, 1.54) is 18.4 Å². The van der Waals surface area contributed by atoms with Crippen molar-refractivity contribution in [3.05, 3.63) is 22.4 Å². The van der Waals surface area contributed by atoms with Crippen LogP contribution in [0.4, 0.5) is 0 Å². The highest BCUT2D eigenvalue weighted by atomic mass is 32.1. The van der Waals surface area contributed by atoms with Crippen LogP contribution in [0.3, 0.4) is 0 Å². The fraction of sp³-hybridized carbons (Fsp3) is 0.643. The van der Waals surface area contributed by atoms with Crippen molar-refractivity contribution in [1.82, 2.24) is 4.90 Å². The van der Waals surface area contributed by atoms with Crippen molar-refractivity contribution in [1.29, 1.82) is 0 Å². The molecule has 3 nitrogen and oxygen atoms in total. The Kier molecular flexibility index (Phi) is 4.78. The fourth-order valence-corrected chi connectivity index (χ4v) is 3.44. The van der Waals surface area contributed by atoms with Gasteiger partial charge in [0.05, 0.1) is 0 Å². The smallest absolute Gasteiger partial charge is 0.303 e. The molecule has 4 heteroatoms. The first kappa shape index (κ1) is 13.6. The van der Waals surface area contributed by atoms with Gasteiger partial charge in [0.15, 0.2) is 0 Å². The van der Waals surface area contributed by atoms with Crippen LogP contribution in [-0.4, -0.2) is 29.1 Å². The van der Waals surface area contributed by atoms with Crippen LogP contribution in [0.2, 0.25) is 0 Å². The summed E-state index contributed by atoms with van der Waals surface area (Å²) in [4.78, 5) is 13.2. The van der Waals surface area contributed by atoms with Crippen LogP contribution in [0.1, 0.15) is 31.7 Å². The van der Waals surface area contributed by atoms with Gasteiger partial charge in [-0.3, -0.25) is 9.69 Å². The number of carboxylic acids is 1. The van der Waals surface area contributed by atoms with Crippen molar-refractivity contribution in [3.63, 3.8) is 0 Å². The lowest BCUT2D eigenvalue weighted by atomic mass is 9.84. The van der Waals surface area contributed by atoms with Crippen LogP contribution in [0.5, 0.6) is 0 Å². The lowest BCUT2D eigenvalue weighted by molar-refractivity contribution is -0.138. The lowest BCUT2D eigenvalue weighted by Gasteiger charge is -2.35. The van der Waals surface area contributed by atoms with Gasteiger partial charge in [0.2, 0.25) is 0 Å². The summed E-state index contributed by atoms with van der Waals surface area (Å²) in [6.45, 7) is 5.28. The van der Waals surface area contributed by atoms with Gasteiger partial charge < -0.3 is 5.11 Å². The summed E-state index contributed by atoms with van der Waals surface area (Å²) in [6.07, 6.45) is 2.67. The minimum atomic E-state index is -0.669. The summed E-state index contributed by atoms with van der Waals surface area (Å²) in [5.74, 6) is 0.152. The number of thiophene rings is 1. The Balaban J connectivity index is 1.86. The van der Waals surface area contributed by atoms with Gasteiger partial charge in [0.1, 0.15) is 0 Å². The molecule has 2 atom stereocenters. The van der Waals surface area contributed by atoms with E-state index in [1.807, 2.05) is 0 Å². The Bertz CT molecular complexity index is 377. The molecule has 1 aliphatic rings. The zero-order valence-electron chi connectivity index (χ0n) is 10.8. The summed E-state index contributed by atoms with van der Waals surface area (Å²) in [5, 5.41) is 13.2. The molecule has 0 amide bonds. The van der Waals surface area contributed by atoms with Crippen LogP contribution >= 0.6 is 11.3 Å². The summed E-state index contributed by atoms with van der Waals surface area (Å²) in [7, 11) is 0. The van der Waals surface area contributed by atoms with Crippen molar-refractivity contribution >= 4 is 17.3 Å². The van der Waals surface area contributed by atoms with Gasteiger partial charge in [-0.15, -0.1) is 0 Å². The predicted octanol–water partition coefficient (Wildman–Crippen LogP) is 3.07. The highest BCUT2D eigenvalue weighted by Crippen LogP contribution is 2.27. The van der Waals surface area contributed by atoms with Crippen LogP contribution in [0, 0.1) is 11.8 Å². The molecular weight excluding hydrogens is 246 g/mol. The summed E-state index contributed by atoms with van der Waals surface area (Å²) in [6, 6.07) is 2.18. The molecule has 1 N–H and O–H groups in total. The molecule has 18 heavy (non-hydrogen) atoms. The van der Waals surface area contributed by atoms with Crippen LogP contribution in [0.15, 0.2) is 16.8 Å². The number of likely N-dealkylation sites (tertiary alicyclic amines) is 1. The van der Waals surface area contributed by atoms with Crippen molar-refractivity contribution in [2.24, 2.45) is 11.8 Å². The van der Waals surface area contributed by atoms with Crippen molar-refractivity contribution < 1.29 is 9.90 Å². The van der Waals surface area contributed by atoms with Gasteiger partial charge in [-0.1, -0.05) is 6.92 Å². The van der Waals surface area contributed by atoms with Crippen LogP contribution < -0.4 is 0 Å².